The van der Waals surface area contributed by atoms with Crippen molar-refractivity contribution in [2.45, 2.75) is 59.0 Å². The van der Waals surface area contributed by atoms with Crippen molar-refractivity contribution in [3.05, 3.63) is 57.6 Å². The maximum Gasteiger partial charge on any atom is 0.344 e. The summed E-state index contributed by atoms with van der Waals surface area (Å²) in [6.45, 7) is 7.23. The Kier molecular flexibility index (Phi) is 14.6. The average molecular weight is 640 g/mol. The van der Waals surface area contributed by atoms with Gasteiger partial charge in [-0.1, -0.05) is 23.2 Å². The first kappa shape index (κ1) is 36.9. The molecule has 0 aromatic heterocycles. The number of Topliss-reactive ketones (excluding diaryl/α,β-unsaturated/α-hetero) is 2. The zero-order valence-electron chi connectivity index (χ0n) is 24.5. The molecule has 0 aliphatic heterocycles. The fourth-order valence-electron chi connectivity index (χ4n) is 3.88. The van der Waals surface area contributed by atoms with E-state index in [1.54, 1.807) is 19.1 Å². The summed E-state index contributed by atoms with van der Waals surface area (Å²) in [4.78, 5) is 72.0. The van der Waals surface area contributed by atoms with E-state index in [9.17, 15) is 28.8 Å². The number of esters is 2. The van der Waals surface area contributed by atoms with Crippen LogP contribution in [0.15, 0.2) is 36.4 Å². The third-order valence-corrected chi connectivity index (χ3v) is 6.10. The van der Waals surface area contributed by atoms with Crippen LogP contribution in [-0.2, 0) is 28.7 Å². The maximum atomic E-state index is 12.7. The number of carbonyl (C=O) groups excluding carboxylic acids is 6. The molecule has 1 atom stereocenters. The molecule has 0 saturated carbocycles. The number of amides is 2. The Morgan fingerprint density at radius 1 is 0.791 bits per heavy atom. The third kappa shape index (κ3) is 11.2. The zero-order valence-corrected chi connectivity index (χ0v) is 26.1. The fraction of sp³-hybridized carbons (Fsp3) is 0.379. The van der Waals surface area contributed by atoms with Crippen molar-refractivity contribution in [2.24, 2.45) is 0 Å². The number of hydrogen-bond donors (Lipinski definition) is 4. The van der Waals surface area contributed by atoms with Crippen molar-refractivity contribution >= 4 is 69.9 Å². The highest BCUT2D eigenvalue weighted by Gasteiger charge is 2.51. The second-order valence-corrected chi connectivity index (χ2v) is 10.2. The minimum atomic E-state index is -2.30. The van der Waals surface area contributed by atoms with E-state index >= 15 is 0 Å². The van der Waals surface area contributed by atoms with Crippen molar-refractivity contribution < 1.29 is 38.2 Å². The van der Waals surface area contributed by atoms with E-state index < -0.39 is 35.6 Å². The summed E-state index contributed by atoms with van der Waals surface area (Å²) in [6.07, 6.45) is -0.499. The highest BCUT2D eigenvalue weighted by Crippen LogP contribution is 2.25. The standard InChI is InChI=1S/C17H21ClN2O6.C12H15ClN2O2/c1-4-25-15(23)17(20-10(3)21,16(24)26-5-2)9-14(22)12-7-6-11(18)8-13(12)19;1-7(15-8(2)16)5-12(17)10-4-3-9(13)6-11(10)14/h6-8H,4-5,9,19H2,1-3H3,(H,20,21);3-4,6-7H,5,14H2,1-2H3,(H,15,16). The molecule has 0 bridgehead atoms. The number of carbonyl (C=O) groups is 6. The number of nitrogens with one attached hydrogen (secondary N) is 2. The van der Waals surface area contributed by atoms with Gasteiger partial charge < -0.3 is 31.6 Å². The highest BCUT2D eigenvalue weighted by molar-refractivity contribution is 6.31. The molecule has 0 fully saturated rings. The molecule has 2 aromatic rings. The molecular formula is C29H36Cl2N4O8. The summed E-state index contributed by atoms with van der Waals surface area (Å²) in [5, 5.41) is 5.68. The number of rotatable bonds is 12. The predicted molar refractivity (Wildman–Crippen MR) is 163 cm³/mol. The second kappa shape index (κ2) is 17.1. The molecule has 2 aromatic carbocycles. The van der Waals surface area contributed by atoms with Crippen LogP contribution in [0.4, 0.5) is 11.4 Å². The van der Waals surface area contributed by atoms with Gasteiger partial charge in [-0.05, 0) is 57.2 Å². The monoisotopic (exact) mass is 638 g/mol. The second-order valence-electron chi connectivity index (χ2n) is 9.32. The van der Waals surface area contributed by atoms with Crippen molar-refractivity contribution in [1.82, 2.24) is 10.6 Å². The maximum absolute atomic E-state index is 12.7. The van der Waals surface area contributed by atoms with Crippen LogP contribution < -0.4 is 22.1 Å². The lowest BCUT2D eigenvalue weighted by Crippen LogP contribution is -2.62. The average Bonchev–Trinajstić information content (AvgIpc) is 2.87. The minimum Gasteiger partial charge on any atom is -0.464 e. The molecule has 1 unspecified atom stereocenters. The van der Waals surface area contributed by atoms with Crippen LogP contribution in [0.2, 0.25) is 10.0 Å². The number of halogens is 2. The molecule has 43 heavy (non-hydrogen) atoms. The number of nitrogens with two attached hydrogens (primary N) is 2. The lowest BCUT2D eigenvalue weighted by molar-refractivity contribution is -0.167. The predicted octanol–water partition coefficient (Wildman–Crippen LogP) is 3.52. The fourth-order valence-corrected chi connectivity index (χ4v) is 4.24. The molecule has 0 radical (unpaired) electrons. The van der Waals surface area contributed by atoms with Gasteiger partial charge in [0.15, 0.2) is 11.6 Å². The van der Waals surface area contributed by atoms with Crippen LogP contribution in [0.1, 0.15) is 68.2 Å². The quantitative estimate of drug-likeness (QED) is 0.115. The van der Waals surface area contributed by atoms with Crippen LogP contribution in [0.5, 0.6) is 0 Å². The van der Waals surface area contributed by atoms with Gasteiger partial charge in [-0.3, -0.25) is 19.2 Å². The summed E-state index contributed by atoms with van der Waals surface area (Å²) >= 11 is 11.6. The SMILES string of the molecule is CC(=O)NC(C)CC(=O)c1ccc(Cl)cc1N.CCOC(=O)C(CC(=O)c1ccc(Cl)cc1N)(NC(C)=O)C(=O)OCC. The Hall–Kier alpha value is -4.16. The highest BCUT2D eigenvalue weighted by atomic mass is 35.5. The topological polar surface area (TPSA) is 197 Å². The Bertz CT molecular complexity index is 1350. The molecular weight excluding hydrogens is 603 g/mol. The van der Waals surface area contributed by atoms with Crippen LogP contribution in [0, 0.1) is 0 Å². The number of hydrogen-bond acceptors (Lipinski definition) is 10. The smallest absolute Gasteiger partial charge is 0.344 e. The van der Waals surface area contributed by atoms with Gasteiger partial charge in [0, 0.05) is 58.9 Å². The molecule has 0 heterocycles. The van der Waals surface area contributed by atoms with Gasteiger partial charge in [-0.15, -0.1) is 0 Å². The van der Waals surface area contributed by atoms with Gasteiger partial charge in [0.1, 0.15) is 0 Å². The summed E-state index contributed by atoms with van der Waals surface area (Å²) in [6, 6.07) is 8.72. The molecule has 6 N–H and O–H groups in total. The summed E-state index contributed by atoms with van der Waals surface area (Å²) in [7, 11) is 0. The number of nitrogen functional groups attached to an aromatic ring is 2. The summed E-state index contributed by atoms with van der Waals surface area (Å²) in [5.41, 5.74) is 10.1. The molecule has 14 heteroatoms. The van der Waals surface area contributed by atoms with E-state index in [1.165, 1.54) is 45.0 Å². The van der Waals surface area contributed by atoms with E-state index in [0.717, 1.165) is 6.92 Å². The van der Waals surface area contributed by atoms with Crippen molar-refractivity contribution in [2.75, 3.05) is 24.7 Å². The van der Waals surface area contributed by atoms with Gasteiger partial charge in [-0.2, -0.15) is 0 Å². The largest absolute Gasteiger partial charge is 0.464 e. The van der Waals surface area contributed by atoms with Crippen molar-refractivity contribution in [1.29, 1.82) is 0 Å². The molecule has 234 valence electrons. The molecule has 12 nitrogen and oxygen atoms in total. The summed E-state index contributed by atoms with van der Waals surface area (Å²) < 4.78 is 9.81. The Balaban J connectivity index is 0.000000469. The Morgan fingerprint density at radius 3 is 1.60 bits per heavy atom. The molecule has 0 saturated heterocycles. The molecule has 2 amide bonds. The Morgan fingerprint density at radius 2 is 1.23 bits per heavy atom. The number of ether oxygens (including phenoxy) is 2. The van der Waals surface area contributed by atoms with Gasteiger partial charge in [-0.25, -0.2) is 9.59 Å². The van der Waals surface area contributed by atoms with Crippen LogP contribution >= 0.6 is 23.2 Å². The number of anilines is 2. The van der Waals surface area contributed by atoms with E-state index in [0.29, 0.717) is 21.3 Å². The lowest BCUT2D eigenvalue weighted by atomic mass is 9.89. The van der Waals surface area contributed by atoms with E-state index in [-0.39, 0.29) is 48.6 Å². The molecule has 0 aliphatic carbocycles. The summed E-state index contributed by atoms with van der Waals surface area (Å²) in [5.74, 6) is -3.81. The van der Waals surface area contributed by atoms with E-state index in [2.05, 4.69) is 10.6 Å². The van der Waals surface area contributed by atoms with Crippen LogP contribution in [0.25, 0.3) is 0 Å². The lowest BCUT2D eigenvalue weighted by Gasteiger charge is -2.29. The first-order valence-corrected chi connectivity index (χ1v) is 13.9. The number of ketones is 2. The zero-order chi connectivity index (χ0) is 32.9. The van der Waals surface area contributed by atoms with Gasteiger partial charge in [0.05, 0.1) is 19.6 Å². The number of benzene rings is 2. The van der Waals surface area contributed by atoms with E-state index in [1.807, 2.05) is 0 Å². The van der Waals surface area contributed by atoms with Crippen molar-refractivity contribution in [3.63, 3.8) is 0 Å². The minimum absolute atomic E-state index is 0.0534. The first-order chi connectivity index (χ1) is 20.1. The van der Waals surface area contributed by atoms with Gasteiger partial charge >= 0.3 is 11.9 Å². The first-order valence-electron chi connectivity index (χ1n) is 13.1. The molecule has 0 aliphatic rings. The normalized spacial score (nSPS) is 11.2. The third-order valence-electron chi connectivity index (χ3n) is 5.63. The Labute approximate surface area is 259 Å². The van der Waals surface area contributed by atoms with Crippen molar-refractivity contribution in [3.8, 4) is 0 Å². The van der Waals surface area contributed by atoms with Gasteiger partial charge in [0.25, 0.3) is 0 Å². The van der Waals surface area contributed by atoms with Crippen LogP contribution in [-0.4, -0.2) is 60.1 Å². The van der Waals surface area contributed by atoms with E-state index in [4.69, 9.17) is 44.1 Å². The van der Waals surface area contributed by atoms with Gasteiger partial charge in [0.2, 0.25) is 17.4 Å². The molecule has 2 rings (SSSR count). The van der Waals surface area contributed by atoms with Crippen LogP contribution in [0.3, 0.4) is 0 Å². The molecule has 0 spiro atoms.